The lowest BCUT2D eigenvalue weighted by Crippen LogP contribution is -2.31. The van der Waals surface area contributed by atoms with E-state index >= 15 is 0 Å². The molecule has 0 bridgehead atoms. The lowest BCUT2D eigenvalue weighted by Gasteiger charge is -2.33. The number of nitrogens with zero attached hydrogens (tertiary/aromatic N) is 4. The van der Waals surface area contributed by atoms with Gasteiger partial charge in [-0.3, -0.25) is 15.1 Å². The summed E-state index contributed by atoms with van der Waals surface area (Å²) in [4.78, 5) is 8.66. The van der Waals surface area contributed by atoms with Gasteiger partial charge in [0, 0.05) is 53.8 Å². The van der Waals surface area contributed by atoms with Crippen molar-refractivity contribution in [3.8, 4) is 0 Å². The Hall–Kier alpha value is -3.28. The molecule has 6 nitrogen and oxygen atoms in total. The first-order valence-electron chi connectivity index (χ1n) is 9.11. The largest absolute Gasteiger partial charge is 0.411 e. The zero-order chi connectivity index (χ0) is 18.3. The molecule has 27 heavy (non-hydrogen) atoms. The number of aromatic amines is 1. The third-order valence-electron chi connectivity index (χ3n) is 5.54. The van der Waals surface area contributed by atoms with Gasteiger partial charge in [-0.25, -0.2) is 0 Å². The van der Waals surface area contributed by atoms with Crippen LogP contribution in [0.4, 0.5) is 0 Å². The van der Waals surface area contributed by atoms with Gasteiger partial charge in [-0.2, -0.15) is 5.10 Å². The van der Waals surface area contributed by atoms with Crippen molar-refractivity contribution in [3.05, 3.63) is 83.2 Å². The van der Waals surface area contributed by atoms with Crippen LogP contribution in [0.5, 0.6) is 0 Å². The highest BCUT2D eigenvalue weighted by molar-refractivity contribution is 6.04. The van der Waals surface area contributed by atoms with Crippen LogP contribution in [0.1, 0.15) is 40.9 Å². The van der Waals surface area contributed by atoms with Crippen LogP contribution in [0.3, 0.4) is 0 Å². The van der Waals surface area contributed by atoms with Crippen molar-refractivity contribution in [1.82, 2.24) is 20.2 Å². The van der Waals surface area contributed by atoms with Gasteiger partial charge in [-0.05, 0) is 36.1 Å². The number of H-pyrrole nitrogens is 1. The van der Waals surface area contributed by atoms with Crippen LogP contribution in [0.15, 0.2) is 60.3 Å². The average Bonchev–Trinajstić information content (AvgIpc) is 3.49. The van der Waals surface area contributed by atoms with Gasteiger partial charge >= 0.3 is 0 Å². The van der Waals surface area contributed by atoms with Gasteiger partial charge < -0.3 is 5.21 Å². The fourth-order valence-corrected chi connectivity index (χ4v) is 3.96. The Morgan fingerprint density at radius 2 is 1.81 bits per heavy atom. The summed E-state index contributed by atoms with van der Waals surface area (Å²) in [5, 5.41) is 20.7. The highest BCUT2D eigenvalue weighted by atomic mass is 16.4. The van der Waals surface area contributed by atoms with E-state index in [2.05, 4.69) is 49.6 Å². The first kappa shape index (κ1) is 15.9. The number of hydrogen-bond acceptors (Lipinski definition) is 5. The molecule has 2 aliphatic carbocycles. The standard InChI is InChI=1S/C21H19N5O/c27-26-19(14-5-6-14)20-17-7-8-21(11-18(17)24-25-20,15-3-1-9-22-12-15)16-4-2-10-23-13-16/h1-4,7-10,12-14,27H,5-6,11H2,(H,24,25)/b26-19+. The maximum Gasteiger partial charge on any atom is 0.117 e. The van der Waals surface area contributed by atoms with Gasteiger partial charge in [0.2, 0.25) is 0 Å². The number of nitrogens with one attached hydrogen (secondary N) is 1. The quantitative estimate of drug-likeness (QED) is 0.426. The van der Waals surface area contributed by atoms with Gasteiger partial charge in [0.05, 0.1) is 0 Å². The van der Waals surface area contributed by atoms with E-state index in [1.54, 1.807) is 12.4 Å². The Balaban J connectivity index is 1.63. The first-order chi connectivity index (χ1) is 13.3. The predicted octanol–water partition coefficient (Wildman–Crippen LogP) is 3.34. The Labute approximate surface area is 156 Å². The van der Waals surface area contributed by atoms with Crippen LogP contribution in [0, 0.1) is 5.92 Å². The number of hydrogen-bond donors (Lipinski definition) is 2. The molecule has 2 N–H and O–H groups in total. The van der Waals surface area contributed by atoms with Gasteiger partial charge in [0.25, 0.3) is 0 Å². The SMILES string of the molecule is O/N=C(/c1n[nH]c2c1C=CC(c1cccnc1)(c1cccnc1)C2)C1CC1. The molecule has 0 aliphatic heterocycles. The molecule has 6 heteroatoms. The molecule has 3 heterocycles. The fraction of sp³-hybridized carbons (Fsp3) is 0.238. The molecule has 0 unspecified atom stereocenters. The van der Waals surface area contributed by atoms with Crippen molar-refractivity contribution in [2.45, 2.75) is 24.7 Å². The van der Waals surface area contributed by atoms with Crippen molar-refractivity contribution < 1.29 is 5.21 Å². The molecule has 0 atom stereocenters. The minimum atomic E-state index is -0.366. The molecule has 5 rings (SSSR count). The van der Waals surface area contributed by atoms with Crippen molar-refractivity contribution in [2.24, 2.45) is 11.1 Å². The average molecular weight is 357 g/mol. The van der Waals surface area contributed by atoms with Crippen molar-refractivity contribution >= 4 is 11.8 Å². The molecular weight excluding hydrogens is 338 g/mol. The number of oxime groups is 1. The smallest absolute Gasteiger partial charge is 0.117 e. The normalized spacial score (nSPS) is 18.3. The molecule has 1 fully saturated rings. The molecule has 2 aliphatic rings. The summed E-state index contributed by atoms with van der Waals surface area (Å²) in [6.07, 6.45) is 14.5. The number of pyridine rings is 2. The van der Waals surface area contributed by atoms with Crippen LogP contribution in [-0.4, -0.2) is 31.1 Å². The minimum Gasteiger partial charge on any atom is -0.411 e. The van der Waals surface area contributed by atoms with Crippen LogP contribution in [0.25, 0.3) is 6.08 Å². The van der Waals surface area contributed by atoms with E-state index in [0.717, 1.165) is 40.9 Å². The molecule has 134 valence electrons. The van der Waals surface area contributed by atoms with Crippen LogP contribution in [0.2, 0.25) is 0 Å². The van der Waals surface area contributed by atoms with Crippen LogP contribution >= 0.6 is 0 Å². The van der Waals surface area contributed by atoms with E-state index in [0.29, 0.717) is 18.1 Å². The number of rotatable bonds is 4. The van der Waals surface area contributed by atoms with E-state index in [9.17, 15) is 5.21 Å². The Bertz CT molecular complexity index is 980. The molecule has 0 amide bonds. The van der Waals surface area contributed by atoms with Crippen LogP contribution in [-0.2, 0) is 11.8 Å². The van der Waals surface area contributed by atoms with E-state index in [-0.39, 0.29) is 5.41 Å². The van der Waals surface area contributed by atoms with E-state index in [1.165, 1.54) is 0 Å². The maximum atomic E-state index is 9.46. The Kier molecular flexibility index (Phi) is 3.63. The summed E-state index contributed by atoms with van der Waals surface area (Å²) in [6, 6.07) is 8.10. The Morgan fingerprint density at radius 3 is 2.37 bits per heavy atom. The topological polar surface area (TPSA) is 87.0 Å². The van der Waals surface area contributed by atoms with Gasteiger partial charge in [0.1, 0.15) is 11.4 Å². The van der Waals surface area contributed by atoms with Crippen LogP contribution < -0.4 is 0 Å². The first-order valence-corrected chi connectivity index (χ1v) is 9.11. The second-order valence-corrected chi connectivity index (χ2v) is 7.19. The zero-order valence-electron chi connectivity index (χ0n) is 14.7. The maximum absolute atomic E-state index is 9.46. The minimum absolute atomic E-state index is 0.319. The molecule has 0 saturated heterocycles. The molecule has 0 radical (unpaired) electrons. The summed E-state index contributed by atoms with van der Waals surface area (Å²) in [5.41, 5.74) is 5.34. The van der Waals surface area contributed by atoms with Crippen molar-refractivity contribution in [2.75, 3.05) is 0 Å². The highest BCUT2D eigenvalue weighted by Gasteiger charge is 2.39. The second-order valence-electron chi connectivity index (χ2n) is 7.19. The molecule has 3 aromatic heterocycles. The second kappa shape index (κ2) is 6.16. The van der Waals surface area contributed by atoms with Gasteiger partial charge in [0.15, 0.2) is 0 Å². The molecule has 1 saturated carbocycles. The van der Waals surface area contributed by atoms with Gasteiger partial charge in [-0.15, -0.1) is 0 Å². The third-order valence-corrected chi connectivity index (χ3v) is 5.54. The predicted molar refractivity (Wildman–Crippen MR) is 102 cm³/mol. The molecule has 3 aromatic rings. The Morgan fingerprint density at radius 1 is 1.11 bits per heavy atom. The number of aromatic nitrogens is 4. The lowest BCUT2D eigenvalue weighted by molar-refractivity contribution is 0.317. The fourth-order valence-electron chi connectivity index (χ4n) is 3.96. The van der Waals surface area contributed by atoms with Gasteiger partial charge in [-0.1, -0.05) is 29.4 Å². The van der Waals surface area contributed by atoms with Crippen molar-refractivity contribution in [3.63, 3.8) is 0 Å². The van der Waals surface area contributed by atoms with E-state index < -0.39 is 0 Å². The highest BCUT2D eigenvalue weighted by Crippen LogP contribution is 2.42. The summed E-state index contributed by atoms with van der Waals surface area (Å²) < 4.78 is 0. The number of allylic oxidation sites excluding steroid dienone is 1. The van der Waals surface area contributed by atoms with Crippen molar-refractivity contribution in [1.29, 1.82) is 0 Å². The monoisotopic (exact) mass is 357 g/mol. The summed E-state index contributed by atoms with van der Waals surface area (Å²) in [5.74, 6) is 0.319. The third kappa shape index (κ3) is 2.56. The molecular formula is C21H19N5O. The zero-order valence-corrected chi connectivity index (χ0v) is 14.7. The molecule has 0 spiro atoms. The summed E-state index contributed by atoms with van der Waals surface area (Å²) in [6.45, 7) is 0. The number of fused-ring (bicyclic) bond motifs is 1. The molecule has 0 aromatic carbocycles. The van der Waals surface area contributed by atoms with E-state index in [1.807, 2.05) is 24.5 Å². The summed E-state index contributed by atoms with van der Waals surface area (Å²) in [7, 11) is 0. The van der Waals surface area contributed by atoms with E-state index in [4.69, 9.17) is 0 Å². The lowest BCUT2D eigenvalue weighted by atomic mass is 9.69. The summed E-state index contributed by atoms with van der Waals surface area (Å²) >= 11 is 0.